The molecule has 1 unspecified atom stereocenters. The molecule has 134 valence electrons. The number of hydrogen-bond acceptors (Lipinski definition) is 5. The van der Waals surface area contributed by atoms with Crippen LogP contribution in [-0.2, 0) is 6.18 Å². The minimum atomic E-state index is -4.86. The summed E-state index contributed by atoms with van der Waals surface area (Å²) in [7, 11) is 0. The Balaban J connectivity index is 2.32. The number of aliphatic hydroxyl groups excluding tert-OH is 1. The number of aromatic nitrogens is 2. The number of alkyl halides is 3. The lowest BCUT2D eigenvalue weighted by atomic mass is 10.2. The molecule has 1 aromatic heterocycles. The fourth-order valence-corrected chi connectivity index (χ4v) is 2.05. The van der Waals surface area contributed by atoms with Crippen LogP contribution in [0, 0.1) is 0 Å². The van der Waals surface area contributed by atoms with Crippen molar-refractivity contribution >= 4 is 29.1 Å². The summed E-state index contributed by atoms with van der Waals surface area (Å²) in [6.07, 6.45) is -4.98. The molecule has 0 spiro atoms. The van der Waals surface area contributed by atoms with E-state index in [0.717, 1.165) is 6.20 Å². The third-order valence-electron chi connectivity index (χ3n) is 2.94. The van der Waals surface area contributed by atoms with Crippen molar-refractivity contribution in [2.45, 2.75) is 19.2 Å². The Morgan fingerprint density at radius 1 is 1.40 bits per heavy atom. The van der Waals surface area contributed by atoms with E-state index < -0.39 is 29.4 Å². The number of aliphatic hydroxyl groups is 1. The Morgan fingerprint density at radius 3 is 2.72 bits per heavy atom. The lowest BCUT2D eigenvalue weighted by Gasteiger charge is -2.14. The molecule has 0 saturated heterocycles. The van der Waals surface area contributed by atoms with Gasteiger partial charge in [0.25, 0.3) is 5.91 Å². The van der Waals surface area contributed by atoms with Gasteiger partial charge in [0.1, 0.15) is 0 Å². The second-order valence-electron chi connectivity index (χ2n) is 5.15. The predicted octanol–water partition coefficient (Wildman–Crippen LogP) is 3.00. The summed E-state index contributed by atoms with van der Waals surface area (Å²) in [6, 6.07) is 6.27. The van der Waals surface area contributed by atoms with Crippen LogP contribution in [0.2, 0.25) is 5.02 Å². The van der Waals surface area contributed by atoms with Crippen LogP contribution in [0.1, 0.15) is 23.0 Å². The first-order chi connectivity index (χ1) is 11.7. The lowest BCUT2D eigenvalue weighted by Crippen LogP contribution is -2.32. The maximum absolute atomic E-state index is 13.2. The summed E-state index contributed by atoms with van der Waals surface area (Å²) in [5.74, 6) is -1.36. The molecule has 2 aromatic rings. The van der Waals surface area contributed by atoms with Gasteiger partial charge in [-0.05, 0) is 25.1 Å². The predicted molar refractivity (Wildman–Crippen MR) is 85.8 cm³/mol. The summed E-state index contributed by atoms with van der Waals surface area (Å²) in [5.41, 5.74) is -1.72. The minimum absolute atomic E-state index is 0.196. The molecule has 0 aliphatic rings. The van der Waals surface area contributed by atoms with Crippen LogP contribution in [0.25, 0.3) is 0 Å². The van der Waals surface area contributed by atoms with Crippen molar-refractivity contribution in [2.75, 3.05) is 11.9 Å². The van der Waals surface area contributed by atoms with Crippen molar-refractivity contribution in [3.05, 3.63) is 46.7 Å². The van der Waals surface area contributed by atoms with E-state index in [1.165, 1.54) is 13.0 Å². The zero-order valence-electron chi connectivity index (χ0n) is 12.9. The van der Waals surface area contributed by atoms with E-state index in [9.17, 15) is 18.0 Å². The molecule has 1 amide bonds. The first-order valence-corrected chi connectivity index (χ1v) is 7.47. The summed E-state index contributed by atoms with van der Waals surface area (Å²) in [5, 5.41) is 14.3. The first-order valence-electron chi connectivity index (χ1n) is 7.10. The van der Waals surface area contributed by atoms with E-state index in [0.29, 0.717) is 10.7 Å². The van der Waals surface area contributed by atoms with Gasteiger partial charge in [0.2, 0.25) is 5.95 Å². The fourth-order valence-electron chi connectivity index (χ4n) is 1.86. The molecule has 2 rings (SSSR count). The standard InChI is InChI=1S/C15H14ClF3N4O2/c1-8(24)6-20-13(25)11-7-21-14(23-12(11)15(17,18)19)22-10-4-2-3-9(16)5-10/h2-5,7-8,24H,6H2,1H3,(H,20,25)(H,21,22,23). The van der Waals surface area contributed by atoms with Gasteiger partial charge in [0.05, 0.1) is 11.7 Å². The van der Waals surface area contributed by atoms with E-state index in [-0.39, 0.29) is 12.5 Å². The summed E-state index contributed by atoms with van der Waals surface area (Å²) < 4.78 is 39.7. The summed E-state index contributed by atoms with van der Waals surface area (Å²) in [6.45, 7) is 1.19. The molecule has 0 aliphatic carbocycles. The highest BCUT2D eigenvalue weighted by Gasteiger charge is 2.38. The van der Waals surface area contributed by atoms with Crippen LogP contribution in [0.15, 0.2) is 30.5 Å². The smallest absolute Gasteiger partial charge is 0.392 e. The number of halogens is 4. The van der Waals surface area contributed by atoms with Crippen molar-refractivity contribution in [2.24, 2.45) is 0 Å². The average Bonchev–Trinajstić information content (AvgIpc) is 2.51. The van der Waals surface area contributed by atoms with Crippen LogP contribution in [0.3, 0.4) is 0 Å². The maximum Gasteiger partial charge on any atom is 0.434 e. The maximum atomic E-state index is 13.2. The van der Waals surface area contributed by atoms with Crippen molar-refractivity contribution in [3.63, 3.8) is 0 Å². The second kappa shape index (κ2) is 7.66. The first kappa shape index (κ1) is 18.9. The van der Waals surface area contributed by atoms with Crippen molar-refractivity contribution in [1.82, 2.24) is 15.3 Å². The fraction of sp³-hybridized carbons (Fsp3) is 0.267. The quantitative estimate of drug-likeness (QED) is 0.749. The molecule has 3 N–H and O–H groups in total. The van der Waals surface area contributed by atoms with Crippen LogP contribution < -0.4 is 10.6 Å². The van der Waals surface area contributed by atoms with E-state index >= 15 is 0 Å². The molecule has 25 heavy (non-hydrogen) atoms. The zero-order valence-corrected chi connectivity index (χ0v) is 13.7. The second-order valence-corrected chi connectivity index (χ2v) is 5.58. The number of benzene rings is 1. The number of carbonyl (C=O) groups excluding carboxylic acids is 1. The van der Waals surface area contributed by atoms with Gasteiger partial charge in [-0.2, -0.15) is 13.2 Å². The molecule has 0 bridgehead atoms. The topological polar surface area (TPSA) is 87.1 Å². The number of hydrogen-bond donors (Lipinski definition) is 3. The van der Waals surface area contributed by atoms with Gasteiger partial charge in [-0.1, -0.05) is 17.7 Å². The number of nitrogens with one attached hydrogen (secondary N) is 2. The Morgan fingerprint density at radius 2 is 2.12 bits per heavy atom. The van der Waals surface area contributed by atoms with Gasteiger partial charge in [-0.3, -0.25) is 4.79 Å². The molecular weight excluding hydrogens is 361 g/mol. The molecule has 0 aliphatic heterocycles. The van der Waals surface area contributed by atoms with Crippen molar-refractivity contribution < 1.29 is 23.1 Å². The average molecular weight is 375 g/mol. The molecule has 1 atom stereocenters. The van der Waals surface area contributed by atoms with E-state index in [2.05, 4.69) is 20.6 Å². The number of anilines is 2. The highest BCUT2D eigenvalue weighted by atomic mass is 35.5. The summed E-state index contributed by atoms with van der Waals surface area (Å²) >= 11 is 5.81. The molecule has 1 aromatic carbocycles. The molecule has 0 fully saturated rings. The SMILES string of the molecule is CC(O)CNC(=O)c1cnc(Nc2cccc(Cl)c2)nc1C(F)(F)F. The molecule has 0 radical (unpaired) electrons. The van der Waals surface area contributed by atoms with Gasteiger partial charge in [0.15, 0.2) is 5.69 Å². The Kier molecular flexibility index (Phi) is 5.81. The minimum Gasteiger partial charge on any atom is -0.392 e. The lowest BCUT2D eigenvalue weighted by molar-refractivity contribution is -0.141. The zero-order chi connectivity index (χ0) is 18.6. The molecule has 1 heterocycles. The number of carbonyl (C=O) groups is 1. The van der Waals surface area contributed by atoms with E-state index in [1.54, 1.807) is 18.2 Å². The molecule has 6 nitrogen and oxygen atoms in total. The van der Waals surface area contributed by atoms with Crippen LogP contribution in [-0.4, -0.2) is 33.6 Å². The van der Waals surface area contributed by atoms with Gasteiger partial charge in [-0.25, -0.2) is 9.97 Å². The van der Waals surface area contributed by atoms with Gasteiger partial charge in [0, 0.05) is 23.5 Å². The Hall–Kier alpha value is -2.39. The highest BCUT2D eigenvalue weighted by molar-refractivity contribution is 6.30. The monoisotopic (exact) mass is 374 g/mol. The third-order valence-corrected chi connectivity index (χ3v) is 3.18. The normalized spacial score (nSPS) is 12.6. The van der Waals surface area contributed by atoms with Crippen LogP contribution >= 0.6 is 11.6 Å². The van der Waals surface area contributed by atoms with E-state index in [1.807, 2.05) is 0 Å². The van der Waals surface area contributed by atoms with Crippen molar-refractivity contribution in [3.8, 4) is 0 Å². The van der Waals surface area contributed by atoms with E-state index in [4.69, 9.17) is 16.7 Å². The third kappa shape index (κ3) is 5.30. The molecule has 0 saturated carbocycles. The van der Waals surface area contributed by atoms with Gasteiger partial charge < -0.3 is 15.7 Å². The van der Waals surface area contributed by atoms with Gasteiger partial charge in [-0.15, -0.1) is 0 Å². The molecular formula is C15H14ClF3N4O2. The Bertz CT molecular complexity index is 769. The van der Waals surface area contributed by atoms with Gasteiger partial charge >= 0.3 is 6.18 Å². The highest BCUT2D eigenvalue weighted by Crippen LogP contribution is 2.31. The largest absolute Gasteiger partial charge is 0.434 e. The Labute approximate surface area is 146 Å². The van der Waals surface area contributed by atoms with Crippen molar-refractivity contribution in [1.29, 1.82) is 0 Å². The number of rotatable bonds is 5. The number of nitrogens with zero attached hydrogens (tertiary/aromatic N) is 2. The number of amides is 1. The summed E-state index contributed by atoms with van der Waals surface area (Å²) in [4.78, 5) is 19.0. The van der Waals surface area contributed by atoms with Crippen LogP contribution in [0.5, 0.6) is 0 Å². The van der Waals surface area contributed by atoms with Crippen LogP contribution in [0.4, 0.5) is 24.8 Å². The molecule has 10 heteroatoms.